The molecule has 0 bridgehead atoms. The highest BCUT2D eigenvalue weighted by atomic mass is 35.5. The first-order valence-corrected chi connectivity index (χ1v) is 9.62. The summed E-state index contributed by atoms with van der Waals surface area (Å²) in [5, 5.41) is 22.5. The number of benzene rings is 2. The number of nitrogens with zero attached hydrogens (tertiary/aromatic N) is 4. The van der Waals surface area contributed by atoms with Crippen LogP contribution in [0, 0.1) is 22.7 Å². The molecule has 0 spiro atoms. The van der Waals surface area contributed by atoms with Crippen molar-refractivity contribution in [3.63, 3.8) is 0 Å². The average molecular weight is 414 g/mol. The number of hydrogen-bond donors (Lipinski definition) is 1. The van der Waals surface area contributed by atoms with Crippen LogP contribution in [0.2, 0.25) is 5.02 Å². The average Bonchev–Trinajstić information content (AvgIpc) is 3.06. The lowest BCUT2D eigenvalue weighted by Gasteiger charge is -2.10. The van der Waals surface area contributed by atoms with Crippen molar-refractivity contribution in [1.29, 1.82) is 10.5 Å². The molecule has 0 aliphatic heterocycles. The van der Waals surface area contributed by atoms with Gasteiger partial charge in [-0.2, -0.15) is 15.6 Å². The number of nitrogens with one attached hydrogen (secondary N) is 1. The number of nitriles is 2. The number of sulfonamides is 1. The van der Waals surface area contributed by atoms with E-state index in [0.717, 1.165) is 0 Å². The third-order valence-electron chi connectivity index (χ3n) is 3.62. The number of aromatic nitrogens is 2. The predicted octanol–water partition coefficient (Wildman–Crippen LogP) is 3.41. The Bertz CT molecular complexity index is 1240. The van der Waals surface area contributed by atoms with Gasteiger partial charge in [-0.1, -0.05) is 11.6 Å². The summed E-state index contributed by atoms with van der Waals surface area (Å²) in [6.07, 6.45) is 1.60. The standard InChI is InChI=1S/C18H12ClN5O3S/c1-24-7-6-18(22-24)23-28(25,26)15-4-5-17(13(8-15)11-21)27-14-3-2-12(10-20)16(19)9-14/h2-9H,1H3,(H,22,23). The van der Waals surface area contributed by atoms with Gasteiger partial charge in [0.25, 0.3) is 10.0 Å². The van der Waals surface area contributed by atoms with Crippen LogP contribution in [0.4, 0.5) is 5.82 Å². The molecule has 0 amide bonds. The molecule has 0 saturated carbocycles. The van der Waals surface area contributed by atoms with Crippen molar-refractivity contribution < 1.29 is 13.2 Å². The van der Waals surface area contributed by atoms with Crippen molar-refractivity contribution in [2.45, 2.75) is 4.90 Å². The van der Waals surface area contributed by atoms with Crippen molar-refractivity contribution >= 4 is 27.4 Å². The van der Waals surface area contributed by atoms with Gasteiger partial charge in [-0.25, -0.2) is 8.42 Å². The summed E-state index contributed by atoms with van der Waals surface area (Å²) in [5.41, 5.74) is 0.306. The second-order valence-electron chi connectivity index (χ2n) is 5.61. The number of aryl methyl sites for hydroxylation is 1. The molecule has 3 aromatic rings. The molecule has 1 aromatic heterocycles. The second kappa shape index (κ2) is 7.61. The molecule has 28 heavy (non-hydrogen) atoms. The largest absolute Gasteiger partial charge is 0.456 e. The predicted molar refractivity (Wildman–Crippen MR) is 101 cm³/mol. The van der Waals surface area contributed by atoms with E-state index < -0.39 is 10.0 Å². The maximum atomic E-state index is 12.5. The Morgan fingerprint density at radius 2 is 1.86 bits per heavy atom. The number of halogens is 1. The van der Waals surface area contributed by atoms with Crippen LogP contribution in [-0.2, 0) is 17.1 Å². The van der Waals surface area contributed by atoms with Crippen LogP contribution in [0.15, 0.2) is 53.6 Å². The lowest BCUT2D eigenvalue weighted by Crippen LogP contribution is -2.13. The summed E-state index contributed by atoms with van der Waals surface area (Å²) in [7, 11) is -2.27. The summed E-state index contributed by atoms with van der Waals surface area (Å²) in [4.78, 5) is -0.111. The van der Waals surface area contributed by atoms with Crippen molar-refractivity contribution in [1.82, 2.24) is 9.78 Å². The second-order valence-corrected chi connectivity index (χ2v) is 7.70. The fraction of sp³-hybridized carbons (Fsp3) is 0.0556. The zero-order valence-electron chi connectivity index (χ0n) is 14.4. The van der Waals surface area contributed by atoms with Crippen molar-refractivity contribution in [3.05, 3.63) is 64.8 Å². The number of rotatable bonds is 5. The van der Waals surface area contributed by atoms with E-state index in [9.17, 15) is 13.7 Å². The van der Waals surface area contributed by atoms with Gasteiger partial charge in [-0.05, 0) is 30.3 Å². The van der Waals surface area contributed by atoms with E-state index in [1.807, 2.05) is 12.1 Å². The summed E-state index contributed by atoms with van der Waals surface area (Å²) in [6.45, 7) is 0. The molecule has 0 aliphatic rings. The highest BCUT2D eigenvalue weighted by molar-refractivity contribution is 7.92. The SMILES string of the molecule is Cn1ccc(NS(=O)(=O)c2ccc(Oc3ccc(C#N)c(Cl)c3)c(C#N)c2)n1. The molecule has 0 saturated heterocycles. The van der Waals surface area contributed by atoms with Crippen LogP contribution in [-0.4, -0.2) is 18.2 Å². The lowest BCUT2D eigenvalue weighted by molar-refractivity contribution is 0.480. The highest BCUT2D eigenvalue weighted by Crippen LogP contribution is 2.30. The van der Waals surface area contributed by atoms with Crippen molar-refractivity contribution in [2.24, 2.45) is 7.05 Å². The molecule has 2 aromatic carbocycles. The molecule has 3 rings (SSSR count). The summed E-state index contributed by atoms with van der Waals surface area (Å²) >= 11 is 5.97. The summed E-state index contributed by atoms with van der Waals surface area (Å²) in [5.74, 6) is 0.622. The Kier molecular flexibility index (Phi) is 5.23. The van der Waals surface area contributed by atoms with E-state index >= 15 is 0 Å². The molecule has 10 heteroatoms. The Morgan fingerprint density at radius 3 is 2.46 bits per heavy atom. The minimum atomic E-state index is -3.93. The molecule has 8 nitrogen and oxygen atoms in total. The van der Waals surface area contributed by atoms with Crippen LogP contribution in [0.3, 0.4) is 0 Å². The first kappa shape index (κ1) is 19.2. The number of anilines is 1. The third kappa shape index (κ3) is 4.07. The van der Waals surface area contributed by atoms with E-state index in [1.54, 1.807) is 13.2 Å². The minimum Gasteiger partial charge on any atom is -0.456 e. The molecule has 0 atom stereocenters. The molecule has 0 fully saturated rings. The fourth-order valence-electron chi connectivity index (χ4n) is 2.30. The molecule has 1 N–H and O–H groups in total. The smallest absolute Gasteiger partial charge is 0.263 e. The normalized spacial score (nSPS) is 10.7. The van der Waals surface area contributed by atoms with Gasteiger partial charge in [0.15, 0.2) is 5.82 Å². The fourth-order valence-corrected chi connectivity index (χ4v) is 3.53. The molecule has 0 unspecified atom stereocenters. The van der Waals surface area contributed by atoms with Gasteiger partial charge in [0, 0.05) is 25.4 Å². The molecule has 140 valence electrons. The van der Waals surface area contributed by atoms with Crippen LogP contribution in [0.25, 0.3) is 0 Å². The van der Waals surface area contributed by atoms with Gasteiger partial charge in [0.05, 0.1) is 21.0 Å². The van der Waals surface area contributed by atoms with Gasteiger partial charge in [0.2, 0.25) is 0 Å². The maximum absolute atomic E-state index is 12.5. The van der Waals surface area contributed by atoms with Gasteiger partial charge < -0.3 is 4.74 Å². The van der Waals surface area contributed by atoms with Crippen LogP contribution < -0.4 is 9.46 Å². The van der Waals surface area contributed by atoms with Gasteiger partial charge >= 0.3 is 0 Å². The van der Waals surface area contributed by atoms with Gasteiger partial charge in [-0.15, -0.1) is 0 Å². The van der Waals surface area contributed by atoms with Crippen LogP contribution in [0.5, 0.6) is 11.5 Å². The van der Waals surface area contributed by atoms with Crippen LogP contribution >= 0.6 is 11.6 Å². The van der Waals surface area contributed by atoms with E-state index in [2.05, 4.69) is 9.82 Å². The minimum absolute atomic E-state index is 0.0179. The quantitative estimate of drug-likeness (QED) is 0.684. The Labute approximate surface area is 166 Å². The monoisotopic (exact) mass is 413 g/mol. The lowest BCUT2D eigenvalue weighted by atomic mass is 10.2. The highest BCUT2D eigenvalue weighted by Gasteiger charge is 2.18. The topological polar surface area (TPSA) is 121 Å². The number of ether oxygens (including phenoxy) is 1. The molecular weight excluding hydrogens is 402 g/mol. The maximum Gasteiger partial charge on any atom is 0.263 e. The summed E-state index contributed by atoms with van der Waals surface area (Å²) in [6, 6.07) is 13.7. The molecule has 1 heterocycles. The molecule has 0 radical (unpaired) electrons. The first-order valence-electron chi connectivity index (χ1n) is 7.76. The van der Waals surface area contributed by atoms with E-state index in [-0.39, 0.29) is 32.6 Å². The van der Waals surface area contributed by atoms with Crippen molar-refractivity contribution in [2.75, 3.05) is 4.72 Å². The number of hydrogen-bond acceptors (Lipinski definition) is 6. The Hall–Kier alpha value is -3.53. The van der Waals surface area contributed by atoms with E-state index in [0.29, 0.717) is 5.75 Å². The molecule has 0 aliphatic carbocycles. The Balaban J connectivity index is 1.89. The van der Waals surface area contributed by atoms with E-state index in [4.69, 9.17) is 21.6 Å². The van der Waals surface area contributed by atoms with Gasteiger partial charge in [-0.3, -0.25) is 9.40 Å². The first-order chi connectivity index (χ1) is 13.3. The summed E-state index contributed by atoms with van der Waals surface area (Å²) < 4.78 is 34.4. The Morgan fingerprint density at radius 1 is 1.11 bits per heavy atom. The van der Waals surface area contributed by atoms with E-state index in [1.165, 1.54) is 47.1 Å². The zero-order valence-corrected chi connectivity index (χ0v) is 16.0. The zero-order chi connectivity index (χ0) is 20.3. The van der Waals surface area contributed by atoms with Crippen molar-refractivity contribution in [3.8, 4) is 23.6 Å². The van der Waals surface area contributed by atoms with Gasteiger partial charge in [0.1, 0.15) is 23.6 Å². The third-order valence-corrected chi connectivity index (χ3v) is 5.29. The molecular formula is C18H12ClN5O3S. The van der Waals surface area contributed by atoms with Crippen LogP contribution in [0.1, 0.15) is 11.1 Å².